The molecule has 0 fully saturated rings. The smallest absolute Gasteiger partial charge is 0.164 e. The van der Waals surface area contributed by atoms with Crippen LogP contribution in [-0.2, 0) is 0 Å². The van der Waals surface area contributed by atoms with Crippen molar-refractivity contribution in [2.75, 3.05) is 11.9 Å². The van der Waals surface area contributed by atoms with Crippen LogP contribution in [0.3, 0.4) is 0 Å². The molecule has 2 rings (SSSR count). The van der Waals surface area contributed by atoms with E-state index >= 15 is 0 Å². The van der Waals surface area contributed by atoms with Crippen LogP contribution in [0.25, 0.3) is 0 Å². The Balaban J connectivity index is 2.10. The molecule has 20 heavy (non-hydrogen) atoms. The van der Waals surface area contributed by atoms with Crippen LogP contribution in [0.5, 0.6) is 0 Å². The Labute approximate surface area is 118 Å². The molecule has 0 radical (unpaired) electrons. The minimum Gasteiger partial charge on any atom is -0.386 e. The van der Waals surface area contributed by atoms with Gasteiger partial charge in [-0.1, -0.05) is 17.7 Å². The molecule has 0 aliphatic heterocycles. The van der Waals surface area contributed by atoms with Crippen LogP contribution in [0.1, 0.15) is 11.7 Å². The standard InChI is InChI=1S/C14H11ClF3NO/c15-10-2-1-3-12(14(10)18)19-7-13(20)9-6-8(16)4-5-11(9)17/h1-6,13,19-20H,7H2. The van der Waals surface area contributed by atoms with Crippen molar-refractivity contribution in [1.82, 2.24) is 0 Å². The molecule has 0 saturated carbocycles. The van der Waals surface area contributed by atoms with E-state index in [1.807, 2.05) is 0 Å². The van der Waals surface area contributed by atoms with Gasteiger partial charge in [0.2, 0.25) is 0 Å². The largest absolute Gasteiger partial charge is 0.386 e. The number of hydrogen-bond donors (Lipinski definition) is 2. The quantitative estimate of drug-likeness (QED) is 0.897. The summed E-state index contributed by atoms with van der Waals surface area (Å²) in [6.07, 6.45) is -1.32. The number of benzene rings is 2. The number of halogens is 4. The van der Waals surface area contributed by atoms with E-state index in [0.717, 1.165) is 18.2 Å². The van der Waals surface area contributed by atoms with Crippen LogP contribution in [0.15, 0.2) is 36.4 Å². The molecule has 1 unspecified atom stereocenters. The SMILES string of the molecule is OC(CNc1cccc(Cl)c1F)c1cc(F)ccc1F. The summed E-state index contributed by atoms with van der Waals surface area (Å²) in [5, 5.41) is 12.4. The summed E-state index contributed by atoms with van der Waals surface area (Å²) in [6.45, 7) is -0.183. The average Bonchev–Trinajstić information content (AvgIpc) is 2.43. The summed E-state index contributed by atoms with van der Waals surface area (Å²) in [6, 6.07) is 7.11. The van der Waals surface area contributed by atoms with Crippen molar-refractivity contribution < 1.29 is 18.3 Å². The Bertz CT molecular complexity index is 621. The van der Waals surface area contributed by atoms with Gasteiger partial charge in [0.15, 0.2) is 5.82 Å². The molecule has 0 bridgehead atoms. The zero-order valence-corrected chi connectivity index (χ0v) is 11.0. The zero-order valence-electron chi connectivity index (χ0n) is 10.2. The lowest BCUT2D eigenvalue weighted by Gasteiger charge is -2.14. The highest BCUT2D eigenvalue weighted by molar-refractivity contribution is 6.31. The van der Waals surface area contributed by atoms with Crippen LogP contribution in [-0.4, -0.2) is 11.7 Å². The van der Waals surface area contributed by atoms with Gasteiger partial charge in [0, 0.05) is 12.1 Å². The van der Waals surface area contributed by atoms with Crippen LogP contribution in [0.4, 0.5) is 18.9 Å². The first-order valence-corrected chi connectivity index (χ1v) is 6.17. The van der Waals surface area contributed by atoms with Crippen molar-refractivity contribution in [1.29, 1.82) is 0 Å². The molecule has 2 aromatic carbocycles. The minimum atomic E-state index is -1.32. The van der Waals surface area contributed by atoms with Crippen LogP contribution >= 0.6 is 11.6 Å². The number of anilines is 1. The summed E-state index contributed by atoms with van der Waals surface area (Å²) in [7, 11) is 0. The molecule has 6 heteroatoms. The van der Waals surface area contributed by atoms with E-state index < -0.39 is 23.6 Å². The third-order valence-electron chi connectivity index (χ3n) is 2.75. The van der Waals surface area contributed by atoms with E-state index in [1.165, 1.54) is 18.2 Å². The average molecular weight is 302 g/mol. The van der Waals surface area contributed by atoms with Gasteiger partial charge < -0.3 is 10.4 Å². The Hall–Kier alpha value is -1.72. The highest BCUT2D eigenvalue weighted by atomic mass is 35.5. The van der Waals surface area contributed by atoms with Gasteiger partial charge in [-0.3, -0.25) is 0 Å². The Kier molecular flexibility index (Phi) is 4.52. The number of hydrogen-bond acceptors (Lipinski definition) is 2. The molecule has 0 aliphatic rings. The molecule has 0 heterocycles. The Morgan fingerprint density at radius 3 is 2.65 bits per heavy atom. The molecule has 1 atom stereocenters. The lowest BCUT2D eigenvalue weighted by atomic mass is 10.1. The molecule has 106 valence electrons. The number of aliphatic hydroxyl groups is 1. The van der Waals surface area contributed by atoms with Gasteiger partial charge in [-0.25, -0.2) is 13.2 Å². The summed E-state index contributed by atoms with van der Waals surface area (Å²) in [5.74, 6) is -2.05. The van der Waals surface area contributed by atoms with E-state index in [-0.39, 0.29) is 22.8 Å². The fourth-order valence-corrected chi connectivity index (χ4v) is 1.90. The van der Waals surface area contributed by atoms with E-state index in [1.54, 1.807) is 0 Å². The van der Waals surface area contributed by atoms with Crippen molar-refractivity contribution in [3.63, 3.8) is 0 Å². The number of nitrogens with one attached hydrogen (secondary N) is 1. The fraction of sp³-hybridized carbons (Fsp3) is 0.143. The zero-order chi connectivity index (χ0) is 14.7. The van der Waals surface area contributed by atoms with Crippen molar-refractivity contribution >= 4 is 17.3 Å². The van der Waals surface area contributed by atoms with Gasteiger partial charge in [0.05, 0.1) is 16.8 Å². The molecule has 0 aliphatic carbocycles. The predicted molar refractivity (Wildman–Crippen MR) is 71.2 cm³/mol. The van der Waals surface area contributed by atoms with Gasteiger partial charge in [-0.2, -0.15) is 0 Å². The second-order valence-electron chi connectivity index (χ2n) is 4.16. The fourth-order valence-electron chi connectivity index (χ4n) is 1.73. The van der Waals surface area contributed by atoms with Crippen molar-refractivity contribution in [3.8, 4) is 0 Å². The first kappa shape index (κ1) is 14.7. The number of rotatable bonds is 4. The van der Waals surface area contributed by atoms with Crippen molar-refractivity contribution in [2.24, 2.45) is 0 Å². The molecule has 0 spiro atoms. The van der Waals surface area contributed by atoms with Crippen molar-refractivity contribution in [3.05, 3.63) is 64.4 Å². The highest BCUT2D eigenvalue weighted by Gasteiger charge is 2.15. The van der Waals surface area contributed by atoms with Gasteiger partial charge in [-0.05, 0) is 30.3 Å². The highest BCUT2D eigenvalue weighted by Crippen LogP contribution is 2.24. The molecule has 0 saturated heterocycles. The first-order chi connectivity index (χ1) is 9.49. The summed E-state index contributed by atoms with van der Waals surface area (Å²) < 4.78 is 40.0. The lowest BCUT2D eigenvalue weighted by Crippen LogP contribution is -2.14. The van der Waals surface area contributed by atoms with E-state index in [2.05, 4.69) is 5.32 Å². The third kappa shape index (κ3) is 3.23. The lowest BCUT2D eigenvalue weighted by molar-refractivity contribution is 0.186. The maximum absolute atomic E-state index is 13.6. The molecule has 2 N–H and O–H groups in total. The van der Waals surface area contributed by atoms with Gasteiger partial charge in [0.1, 0.15) is 11.6 Å². The third-order valence-corrected chi connectivity index (χ3v) is 3.05. The van der Waals surface area contributed by atoms with Gasteiger partial charge in [0.25, 0.3) is 0 Å². The molecular formula is C14H11ClF3NO. The van der Waals surface area contributed by atoms with Crippen molar-refractivity contribution in [2.45, 2.75) is 6.10 Å². The van der Waals surface area contributed by atoms with Gasteiger partial charge in [-0.15, -0.1) is 0 Å². The van der Waals surface area contributed by atoms with E-state index in [4.69, 9.17) is 11.6 Å². The maximum Gasteiger partial charge on any atom is 0.164 e. The Morgan fingerprint density at radius 2 is 1.90 bits per heavy atom. The van der Waals surface area contributed by atoms with E-state index in [0.29, 0.717) is 0 Å². The first-order valence-electron chi connectivity index (χ1n) is 5.80. The molecular weight excluding hydrogens is 291 g/mol. The Morgan fingerprint density at radius 1 is 1.15 bits per heavy atom. The van der Waals surface area contributed by atoms with Gasteiger partial charge >= 0.3 is 0 Å². The normalized spacial score (nSPS) is 12.2. The topological polar surface area (TPSA) is 32.3 Å². The minimum absolute atomic E-state index is 0.0681. The molecule has 2 nitrogen and oxygen atoms in total. The van der Waals surface area contributed by atoms with E-state index in [9.17, 15) is 18.3 Å². The van der Waals surface area contributed by atoms with Crippen LogP contribution in [0.2, 0.25) is 5.02 Å². The molecule has 0 amide bonds. The predicted octanol–water partition coefficient (Wildman–Crippen LogP) is 3.90. The molecule has 2 aromatic rings. The summed E-state index contributed by atoms with van der Waals surface area (Å²) in [4.78, 5) is 0. The number of aliphatic hydroxyl groups excluding tert-OH is 1. The second kappa shape index (κ2) is 6.15. The maximum atomic E-state index is 13.6. The summed E-state index contributed by atoms with van der Waals surface area (Å²) >= 11 is 5.61. The molecule has 0 aromatic heterocycles. The summed E-state index contributed by atoms with van der Waals surface area (Å²) in [5.41, 5.74) is -0.117. The van der Waals surface area contributed by atoms with Crippen LogP contribution in [0, 0.1) is 17.5 Å². The second-order valence-corrected chi connectivity index (χ2v) is 4.57. The monoisotopic (exact) mass is 301 g/mol. The van der Waals surface area contributed by atoms with Crippen LogP contribution < -0.4 is 5.32 Å².